The van der Waals surface area contributed by atoms with Crippen LogP contribution < -0.4 is 4.74 Å². The second-order valence-corrected chi connectivity index (χ2v) is 7.36. The molecule has 1 aromatic rings. The number of carbonyl (C=O) groups excluding carboxylic acids is 2. The minimum atomic E-state index is -0.115. The lowest BCUT2D eigenvalue weighted by atomic mass is 9.54. The first-order valence-electron chi connectivity index (χ1n) is 7.87. The predicted molar refractivity (Wildman–Crippen MR) is 83.3 cm³/mol. The number of benzene rings is 1. The van der Waals surface area contributed by atoms with Crippen molar-refractivity contribution >= 4 is 11.6 Å². The summed E-state index contributed by atoms with van der Waals surface area (Å²) in [5.74, 6) is 1.07. The van der Waals surface area contributed by atoms with Crippen LogP contribution in [0.5, 0.6) is 5.75 Å². The topological polar surface area (TPSA) is 43.4 Å². The monoisotopic (exact) mass is 296 g/mol. The number of fused-ring (bicyclic) bond motifs is 5. The molecule has 0 aliphatic heterocycles. The van der Waals surface area contributed by atoms with E-state index in [0.29, 0.717) is 6.42 Å². The SMILES string of the molecule is COc1cc2c(cc1C)C(=O)[C@H]1C3=C(C(=O)CCC3(C)C)[C@H]21. The Morgan fingerprint density at radius 1 is 1.18 bits per heavy atom. The summed E-state index contributed by atoms with van der Waals surface area (Å²) in [6, 6.07) is 3.89. The second-order valence-electron chi connectivity index (χ2n) is 7.36. The van der Waals surface area contributed by atoms with Crippen LogP contribution in [0.2, 0.25) is 0 Å². The minimum absolute atomic E-state index is 0.0286. The molecule has 4 rings (SSSR count). The molecule has 3 aliphatic rings. The number of Topliss-reactive ketones (excluding diaryl/α,β-unsaturated/α-hetero) is 2. The summed E-state index contributed by atoms with van der Waals surface area (Å²) < 4.78 is 5.40. The van der Waals surface area contributed by atoms with Crippen LogP contribution in [0.15, 0.2) is 23.3 Å². The van der Waals surface area contributed by atoms with Gasteiger partial charge in [0, 0.05) is 23.5 Å². The molecular formula is C19H20O3. The highest BCUT2D eigenvalue weighted by molar-refractivity contribution is 6.14. The van der Waals surface area contributed by atoms with Gasteiger partial charge < -0.3 is 4.74 Å². The van der Waals surface area contributed by atoms with E-state index in [2.05, 4.69) is 13.8 Å². The fourth-order valence-corrected chi connectivity index (χ4v) is 4.56. The van der Waals surface area contributed by atoms with Crippen molar-refractivity contribution in [3.8, 4) is 5.75 Å². The molecule has 0 amide bonds. The maximum atomic E-state index is 12.9. The van der Waals surface area contributed by atoms with Crippen molar-refractivity contribution in [1.82, 2.24) is 0 Å². The molecule has 0 radical (unpaired) electrons. The van der Waals surface area contributed by atoms with Gasteiger partial charge >= 0.3 is 0 Å². The largest absolute Gasteiger partial charge is 0.496 e. The summed E-state index contributed by atoms with van der Waals surface area (Å²) in [5.41, 5.74) is 4.72. The molecule has 1 aromatic carbocycles. The molecule has 3 heteroatoms. The summed E-state index contributed by atoms with van der Waals surface area (Å²) >= 11 is 0. The number of ketones is 2. The third kappa shape index (κ3) is 1.47. The van der Waals surface area contributed by atoms with Crippen molar-refractivity contribution < 1.29 is 14.3 Å². The molecule has 3 aliphatic carbocycles. The second kappa shape index (κ2) is 4.09. The van der Waals surface area contributed by atoms with E-state index in [4.69, 9.17) is 4.74 Å². The number of methoxy groups -OCH3 is 1. The smallest absolute Gasteiger partial charge is 0.171 e. The third-order valence-electron chi connectivity index (χ3n) is 5.70. The molecule has 3 nitrogen and oxygen atoms in total. The van der Waals surface area contributed by atoms with Crippen LogP contribution >= 0.6 is 0 Å². The molecule has 0 heterocycles. The van der Waals surface area contributed by atoms with Crippen LogP contribution in [0.3, 0.4) is 0 Å². The molecular weight excluding hydrogens is 276 g/mol. The quantitative estimate of drug-likeness (QED) is 0.795. The Labute approximate surface area is 130 Å². The molecule has 0 aromatic heterocycles. The first-order valence-corrected chi connectivity index (χ1v) is 7.87. The van der Waals surface area contributed by atoms with Crippen LogP contribution in [0.4, 0.5) is 0 Å². The standard InChI is InChI=1S/C19H20O3/c1-9-7-11-10(8-13(9)22-4)14-15-12(20)5-6-19(2,3)17(15)16(14)18(11)21/h7-8,14,16H,5-6H2,1-4H3/t14-,16+/m0/s1. The highest BCUT2D eigenvalue weighted by Gasteiger charge is 2.58. The lowest BCUT2D eigenvalue weighted by Gasteiger charge is -2.47. The van der Waals surface area contributed by atoms with Crippen LogP contribution in [0.25, 0.3) is 0 Å². The molecule has 2 atom stereocenters. The number of hydrogen-bond acceptors (Lipinski definition) is 3. The van der Waals surface area contributed by atoms with Crippen molar-refractivity contribution in [1.29, 1.82) is 0 Å². The summed E-state index contributed by atoms with van der Waals surface area (Å²) in [4.78, 5) is 25.3. The van der Waals surface area contributed by atoms with Gasteiger partial charge in [0.25, 0.3) is 0 Å². The molecule has 0 saturated carbocycles. The Kier molecular flexibility index (Phi) is 2.56. The number of rotatable bonds is 1. The van der Waals surface area contributed by atoms with E-state index < -0.39 is 0 Å². The van der Waals surface area contributed by atoms with E-state index in [1.807, 2.05) is 19.1 Å². The first kappa shape index (κ1) is 13.7. The Balaban J connectivity index is 1.92. The van der Waals surface area contributed by atoms with Crippen molar-refractivity contribution in [2.45, 2.75) is 39.5 Å². The van der Waals surface area contributed by atoms with E-state index in [-0.39, 0.29) is 28.8 Å². The summed E-state index contributed by atoms with van der Waals surface area (Å²) in [7, 11) is 1.64. The van der Waals surface area contributed by atoms with E-state index in [1.54, 1.807) is 7.11 Å². The lowest BCUT2D eigenvalue weighted by Crippen LogP contribution is -2.43. The fraction of sp³-hybridized carbons (Fsp3) is 0.474. The van der Waals surface area contributed by atoms with Gasteiger partial charge in [-0.25, -0.2) is 0 Å². The Hall–Kier alpha value is -1.90. The van der Waals surface area contributed by atoms with Crippen LogP contribution in [-0.2, 0) is 4.79 Å². The van der Waals surface area contributed by atoms with Gasteiger partial charge in [-0.3, -0.25) is 9.59 Å². The summed E-state index contributed by atoms with van der Waals surface area (Å²) in [5, 5.41) is 0. The Bertz CT molecular complexity index is 767. The Morgan fingerprint density at radius 3 is 2.59 bits per heavy atom. The van der Waals surface area contributed by atoms with Crippen molar-refractivity contribution in [2.75, 3.05) is 7.11 Å². The van der Waals surface area contributed by atoms with Crippen LogP contribution in [0, 0.1) is 18.3 Å². The zero-order chi connectivity index (χ0) is 15.8. The predicted octanol–water partition coefficient (Wildman–Crippen LogP) is 3.60. The van der Waals surface area contributed by atoms with Gasteiger partial charge in [-0.05, 0) is 47.6 Å². The maximum absolute atomic E-state index is 12.9. The number of ether oxygens (including phenoxy) is 1. The average molecular weight is 296 g/mol. The lowest BCUT2D eigenvalue weighted by molar-refractivity contribution is -0.117. The normalized spacial score (nSPS) is 28.0. The number of carbonyl (C=O) groups is 2. The molecule has 22 heavy (non-hydrogen) atoms. The molecule has 0 spiro atoms. The van der Waals surface area contributed by atoms with Gasteiger partial charge in [0.15, 0.2) is 11.6 Å². The van der Waals surface area contributed by atoms with Crippen LogP contribution in [-0.4, -0.2) is 18.7 Å². The van der Waals surface area contributed by atoms with Crippen molar-refractivity contribution in [3.05, 3.63) is 40.0 Å². The molecule has 0 unspecified atom stereocenters. The highest BCUT2D eigenvalue weighted by Crippen LogP contribution is 2.63. The maximum Gasteiger partial charge on any atom is 0.171 e. The van der Waals surface area contributed by atoms with E-state index in [9.17, 15) is 9.59 Å². The van der Waals surface area contributed by atoms with Gasteiger partial charge in [0.1, 0.15) is 5.75 Å². The van der Waals surface area contributed by atoms with E-state index in [1.165, 1.54) is 0 Å². The van der Waals surface area contributed by atoms with Gasteiger partial charge in [-0.1, -0.05) is 13.8 Å². The molecule has 0 fully saturated rings. The van der Waals surface area contributed by atoms with E-state index >= 15 is 0 Å². The van der Waals surface area contributed by atoms with Gasteiger partial charge in [0.05, 0.1) is 13.0 Å². The van der Waals surface area contributed by atoms with Crippen molar-refractivity contribution in [2.24, 2.45) is 11.3 Å². The van der Waals surface area contributed by atoms with Gasteiger partial charge in [-0.2, -0.15) is 0 Å². The zero-order valence-electron chi connectivity index (χ0n) is 13.4. The molecule has 0 saturated heterocycles. The number of allylic oxidation sites excluding steroid dienone is 2. The third-order valence-corrected chi connectivity index (χ3v) is 5.70. The molecule has 0 N–H and O–H groups in total. The summed E-state index contributed by atoms with van der Waals surface area (Å²) in [6.07, 6.45) is 1.45. The first-order chi connectivity index (χ1) is 10.4. The average Bonchev–Trinajstić information content (AvgIpc) is 2.64. The fourth-order valence-electron chi connectivity index (χ4n) is 4.56. The number of hydrogen-bond donors (Lipinski definition) is 0. The minimum Gasteiger partial charge on any atom is -0.496 e. The van der Waals surface area contributed by atoms with Crippen LogP contribution in [0.1, 0.15) is 54.1 Å². The zero-order valence-corrected chi connectivity index (χ0v) is 13.4. The van der Waals surface area contributed by atoms with Gasteiger partial charge in [-0.15, -0.1) is 0 Å². The van der Waals surface area contributed by atoms with Crippen molar-refractivity contribution in [3.63, 3.8) is 0 Å². The van der Waals surface area contributed by atoms with Gasteiger partial charge in [0.2, 0.25) is 0 Å². The Morgan fingerprint density at radius 2 is 1.91 bits per heavy atom. The molecule has 0 bridgehead atoms. The van der Waals surface area contributed by atoms with E-state index in [0.717, 1.165) is 40.0 Å². The number of aryl methyl sites for hydroxylation is 1. The summed E-state index contributed by atoms with van der Waals surface area (Å²) in [6.45, 7) is 6.27. The molecule has 114 valence electrons. The highest BCUT2D eigenvalue weighted by atomic mass is 16.5.